The summed E-state index contributed by atoms with van der Waals surface area (Å²) in [6.07, 6.45) is -0.446. The van der Waals surface area contributed by atoms with E-state index in [1.54, 1.807) is 0 Å². The number of nitrogens with zero attached hydrogens (tertiary/aromatic N) is 4. The normalized spacial score (nSPS) is 17.3. The van der Waals surface area contributed by atoms with Crippen LogP contribution in [-0.2, 0) is 0 Å². The third-order valence-corrected chi connectivity index (χ3v) is 4.30. The molecule has 0 bridgehead atoms. The van der Waals surface area contributed by atoms with Crippen molar-refractivity contribution in [2.45, 2.75) is 13.0 Å². The van der Waals surface area contributed by atoms with Gasteiger partial charge in [0.05, 0.1) is 6.10 Å². The van der Waals surface area contributed by atoms with Crippen LogP contribution in [0.5, 0.6) is 0 Å². The number of benzene rings is 1. The third kappa shape index (κ3) is 4.19. The maximum Gasteiger partial charge on any atom is 0.134 e. The van der Waals surface area contributed by atoms with Gasteiger partial charge in [0, 0.05) is 38.8 Å². The first kappa shape index (κ1) is 16.2. The summed E-state index contributed by atoms with van der Waals surface area (Å²) >= 11 is 6.01. The molecule has 1 saturated heterocycles. The van der Waals surface area contributed by atoms with Crippen LogP contribution in [0.3, 0.4) is 0 Å². The Bertz CT molecular complexity index is 624. The molecule has 2 heterocycles. The van der Waals surface area contributed by atoms with E-state index in [2.05, 4.69) is 19.8 Å². The lowest BCUT2D eigenvalue weighted by Gasteiger charge is -2.36. The maximum atomic E-state index is 10.3. The zero-order valence-corrected chi connectivity index (χ0v) is 13.9. The van der Waals surface area contributed by atoms with Gasteiger partial charge in [-0.15, -0.1) is 0 Å². The lowest BCUT2D eigenvalue weighted by atomic mass is 10.1. The van der Waals surface area contributed by atoms with Crippen molar-refractivity contribution in [3.8, 4) is 0 Å². The van der Waals surface area contributed by atoms with Gasteiger partial charge in [0.15, 0.2) is 0 Å². The standard InChI is InChI=1S/C17H21ClN4O/c1-13-19-16(18)11-17(20-13)22-9-7-21(8-10-22)12-15(23)14-5-3-2-4-6-14/h2-6,11,15,23H,7-10,12H2,1H3/t15-/m0/s1. The van der Waals surface area contributed by atoms with E-state index in [9.17, 15) is 5.11 Å². The fourth-order valence-corrected chi connectivity index (χ4v) is 3.08. The molecule has 1 aliphatic heterocycles. The number of aromatic nitrogens is 2. The van der Waals surface area contributed by atoms with Gasteiger partial charge in [-0.2, -0.15) is 0 Å². The maximum absolute atomic E-state index is 10.3. The number of halogens is 1. The number of hydrogen-bond acceptors (Lipinski definition) is 5. The summed E-state index contributed by atoms with van der Waals surface area (Å²) < 4.78 is 0. The molecule has 0 saturated carbocycles. The summed E-state index contributed by atoms with van der Waals surface area (Å²) in [5, 5.41) is 10.8. The van der Waals surface area contributed by atoms with Crippen LogP contribution >= 0.6 is 11.6 Å². The second kappa shape index (κ2) is 7.25. The monoisotopic (exact) mass is 332 g/mol. The summed E-state index contributed by atoms with van der Waals surface area (Å²) in [5.74, 6) is 1.57. The molecule has 1 aromatic heterocycles. The Morgan fingerprint density at radius 3 is 2.48 bits per heavy atom. The number of aliphatic hydroxyl groups is 1. The molecule has 5 nitrogen and oxygen atoms in total. The Morgan fingerprint density at radius 1 is 1.13 bits per heavy atom. The Balaban J connectivity index is 1.56. The molecule has 0 amide bonds. The highest BCUT2D eigenvalue weighted by atomic mass is 35.5. The summed E-state index contributed by atoms with van der Waals surface area (Å²) in [5.41, 5.74) is 0.966. The van der Waals surface area contributed by atoms with Gasteiger partial charge in [0.2, 0.25) is 0 Å². The van der Waals surface area contributed by atoms with E-state index in [4.69, 9.17) is 11.6 Å². The summed E-state index contributed by atoms with van der Waals surface area (Å²) in [4.78, 5) is 13.1. The first-order valence-corrected chi connectivity index (χ1v) is 8.21. The van der Waals surface area contributed by atoms with Gasteiger partial charge < -0.3 is 10.0 Å². The van der Waals surface area contributed by atoms with Crippen LogP contribution in [0.25, 0.3) is 0 Å². The number of piperazine rings is 1. The average Bonchev–Trinajstić information content (AvgIpc) is 2.55. The summed E-state index contributed by atoms with van der Waals surface area (Å²) in [6.45, 7) is 6.03. The second-order valence-electron chi connectivity index (χ2n) is 5.81. The van der Waals surface area contributed by atoms with E-state index in [1.807, 2.05) is 43.3 Å². The number of hydrogen-bond donors (Lipinski definition) is 1. The number of anilines is 1. The van der Waals surface area contributed by atoms with Crippen molar-refractivity contribution < 1.29 is 5.11 Å². The Labute approximate surface area is 141 Å². The molecule has 1 aromatic carbocycles. The first-order valence-electron chi connectivity index (χ1n) is 7.83. The van der Waals surface area contributed by atoms with E-state index in [0.29, 0.717) is 17.5 Å². The highest BCUT2D eigenvalue weighted by Gasteiger charge is 2.21. The van der Waals surface area contributed by atoms with Crippen LogP contribution in [0, 0.1) is 6.92 Å². The molecule has 0 aliphatic carbocycles. The summed E-state index contributed by atoms with van der Waals surface area (Å²) in [6, 6.07) is 11.6. The molecule has 3 rings (SSSR count). The second-order valence-corrected chi connectivity index (χ2v) is 6.20. The van der Waals surface area contributed by atoms with Crippen molar-refractivity contribution in [3.63, 3.8) is 0 Å². The Kier molecular flexibility index (Phi) is 5.10. The molecule has 1 N–H and O–H groups in total. The van der Waals surface area contributed by atoms with Gasteiger partial charge in [0.1, 0.15) is 16.8 Å². The smallest absolute Gasteiger partial charge is 0.134 e. The zero-order valence-electron chi connectivity index (χ0n) is 13.2. The van der Waals surface area contributed by atoms with Gasteiger partial charge in [-0.25, -0.2) is 9.97 Å². The topological polar surface area (TPSA) is 52.5 Å². The molecule has 122 valence electrons. The molecule has 1 aliphatic rings. The first-order chi connectivity index (χ1) is 11.1. The van der Waals surface area contributed by atoms with Gasteiger partial charge in [-0.05, 0) is 12.5 Å². The number of aryl methyl sites for hydroxylation is 1. The number of aliphatic hydroxyl groups excluding tert-OH is 1. The van der Waals surface area contributed by atoms with E-state index >= 15 is 0 Å². The molecular weight excluding hydrogens is 312 g/mol. The van der Waals surface area contributed by atoms with Crippen molar-refractivity contribution in [2.75, 3.05) is 37.6 Å². The minimum absolute atomic E-state index is 0.446. The lowest BCUT2D eigenvalue weighted by Crippen LogP contribution is -2.47. The fourth-order valence-electron chi connectivity index (χ4n) is 2.86. The van der Waals surface area contributed by atoms with Gasteiger partial charge in [-0.1, -0.05) is 41.9 Å². The number of rotatable bonds is 4. The Hall–Kier alpha value is -1.69. The van der Waals surface area contributed by atoms with Gasteiger partial charge in [-0.3, -0.25) is 4.90 Å². The predicted molar refractivity (Wildman–Crippen MR) is 91.8 cm³/mol. The molecule has 0 radical (unpaired) electrons. The van der Waals surface area contributed by atoms with Gasteiger partial charge >= 0.3 is 0 Å². The molecular formula is C17H21ClN4O. The minimum atomic E-state index is -0.446. The molecule has 0 unspecified atom stereocenters. The van der Waals surface area contributed by atoms with Crippen LogP contribution < -0.4 is 4.90 Å². The van der Waals surface area contributed by atoms with Crippen LogP contribution in [-0.4, -0.2) is 52.7 Å². The van der Waals surface area contributed by atoms with Crippen molar-refractivity contribution in [3.05, 3.63) is 52.9 Å². The highest BCUT2D eigenvalue weighted by molar-refractivity contribution is 6.29. The SMILES string of the molecule is Cc1nc(Cl)cc(N2CCN(C[C@H](O)c3ccccc3)CC2)n1. The lowest BCUT2D eigenvalue weighted by molar-refractivity contribution is 0.109. The van der Waals surface area contributed by atoms with Crippen LogP contribution in [0.15, 0.2) is 36.4 Å². The van der Waals surface area contributed by atoms with E-state index in [-0.39, 0.29) is 0 Å². The van der Waals surface area contributed by atoms with E-state index in [1.165, 1.54) is 0 Å². The largest absolute Gasteiger partial charge is 0.387 e. The van der Waals surface area contributed by atoms with Crippen molar-refractivity contribution in [2.24, 2.45) is 0 Å². The minimum Gasteiger partial charge on any atom is -0.387 e. The zero-order chi connectivity index (χ0) is 16.2. The summed E-state index contributed by atoms with van der Waals surface area (Å²) in [7, 11) is 0. The Morgan fingerprint density at radius 2 is 1.83 bits per heavy atom. The van der Waals surface area contributed by atoms with Crippen LogP contribution in [0.4, 0.5) is 5.82 Å². The molecule has 1 atom stereocenters. The molecule has 2 aromatic rings. The molecule has 6 heteroatoms. The molecule has 1 fully saturated rings. The van der Waals surface area contributed by atoms with E-state index < -0.39 is 6.10 Å². The molecule has 23 heavy (non-hydrogen) atoms. The highest BCUT2D eigenvalue weighted by Crippen LogP contribution is 2.19. The van der Waals surface area contributed by atoms with Crippen molar-refractivity contribution >= 4 is 17.4 Å². The molecule has 0 spiro atoms. The third-order valence-electron chi connectivity index (χ3n) is 4.10. The van der Waals surface area contributed by atoms with Gasteiger partial charge in [0.25, 0.3) is 0 Å². The fraction of sp³-hybridized carbons (Fsp3) is 0.412. The average molecular weight is 333 g/mol. The van der Waals surface area contributed by atoms with Crippen LogP contribution in [0.2, 0.25) is 5.15 Å². The predicted octanol–water partition coefficient (Wildman–Crippen LogP) is 2.29. The van der Waals surface area contributed by atoms with Crippen molar-refractivity contribution in [1.29, 1.82) is 0 Å². The van der Waals surface area contributed by atoms with Crippen molar-refractivity contribution in [1.82, 2.24) is 14.9 Å². The number of β-amino-alcohol motifs (C(OH)–C–C–N with tert-alkyl or cyclic N) is 1. The van der Waals surface area contributed by atoms with Crippen LogP contribution in [0.1, 0.15) is 17.5 Å². The quantitative estimate of drug-likeness (QED) is 0.871. The van der Waals surface area contributed by atoms with E-state index in [0.717, 1.165) is 37.6 Å².